The summed E-state index contributed by atoms with van der Waals surface area (Å²) in [7, 11) is 4.00. The van der Waals surface area contributed by atoms with Crippen molar-refractivity contribution in [2.45, 2.75) is 13.0 Å². The second kappa shape index (κ2) is 9.69. The molecule has 0 saturated carbocycles. The zero-order valence-corrected chi connectivity index (χ0v) is 15.1. The summed E-state index contributed by atoms with van der Waals surface area (Å²) in [5.74, 6) is 1.29. The third-order valence-electron chi connectivity index (χ3n) is 3.80. The molecule has 1 atom stereocenters. The highest BCUT2D eigenvalue weighted by Crippen LogP contribution is 2.18. The van der Waals surface area contributed by atoms with Crippen LogP contribution in [0, 0.1) is 0 Å². The van der Waals surface area contributed by atoms with Crippen LogP contribution in [-0.2, 0) is 4.79 Å². The van der Waals surface area contributed by atoms with Gasteiger partial charge < -0.3 is 19.7 Å². The Bertz CT molecular complexity index is 642. The normalized spacial score (nSPS) is 11.8. The van der Waals surface area contributed by atoms with Crippen LogP contribution in [0.25, 0.3) is 0 Å². The maximum atomic E-state index is 12.1. The summed E-state index contributed by atoms with van der Waals surface area (Å²) in [6.07, 6.45) is 0. The highest BCUT2D eigenvalue weighted by molar-refractivity contribution is 5.77. The van der Waals surface area contributed by atoms with Gasteiger partial charge in [0.2, 0.25) is 0 Å². The molecule has 1 N–H and O–H groups in total. The SMILES string of the molecule is CCOc1ccc(OCC(=O)NCC(c2ccccc2)N(C)C)cc1. The fourth-order valence-corrected chi connectivity index (χ4v) is 2.48. The predicted octanol–water partition coefficient (Wildman–Crippen LogP) is 2.88. The van der Waals surface area contributed by atoms with E-state index in [0.29, 0.717) is 18.9 Å². The van der Waals surface area contributed by atoms with E-state index in [2.05, 4.69) is 22.3 Å². The van der Waals surface area contributed by atoms with E-state index in [1.54, 1.807) is 12.1 Å². The largest absolute Gasteiger partial charge is 0.494 e. The maximum absolute atomic E-state index is 12.1. The first-order chi connectivity index (χ1) is 12.1. The summed E-state index contributed by atoms with van der Waals surface area (Å²) >= 11 is 0. The zero-order valence-electron chi connectivity index (χ0n) is 15.1. The van der Waals surface area contributed by atoms with Gasteiger partial charge in [0.1, 0.15) is 11.5 Å². The monoisotopic (exact) mass is 342 g/mol. The summed E-state index contributed by atoms with van der Waals surface area (Å²) in [5, 5.41) is 2.93. The molecule has 0 radical (unpaired) electrons. The molecule has 5 heteroatoms. The lowest BCUT2D eigenvalue weighted by molar-refractivity contribution is -0.123. The topological polar surface area (TPSA) is 50.8 Å². The van der Waals surface area contributed by atoms with Gasteiger partial charge in [-0.25, -0.2) is 0 Å². The fraction of sp³-hybridized carbons (Fsp3) is 0.350. The van der Waals surface area contributed by atoms with E-state index in [9.17, 15) is 4.79 Å². The molecule has 134 valence electrons. The molecular weight excluding hydrogens is 316 g/mol. The first-order valence-corrected chi connectivity index (χ1v) is 8.44. The van der Waals surface area contributed by atoms with E-state index in [4.69, 9.17) is 9.47 Å². The molecular formula is C20H26N2O3. The maximum Gasteiger partial charge on any atom is 0.258 e. The number of nitrogens with zero attached hydrogens (tertiary/aromatic N) is 1. The number of hydrogen-bond donors (Lipinski definition) is 1. The van der Waals surface area contributed by atoms with Gasteiger partial charge in [-0.1, -0.05) is 30.3 Å². The molecule has 0 fully saturated rings. The van der Waals surface area contributed by atoms with Crippen LogP contribution < -0.4 is 14.8 Å². The smallest absolute Gasteiger partial charge is 0.258 e. The standard InChI is InChI=1S/C20H26N2O3/c1-4-24-17-10-12-18(13-11-17)25-15-20(23)21-14-19(22(2)3)16-8-6-5-7-9-16/h5-13,19H,4,14-15H2,1-3H3,(H,21,23). The number of ether oxygens (including phenoxy) is 2. The predicted molar refractivity (Wildman–Crippen MR) is 99.0 cm³/mol. The lowest BCUT2D eigenvalue weighted by Gasteiger charge is -2.25. The third-order valence-corrected chi connectivity index (χ3v) is 3.80. The molecule has 2 rings (SSSR count). The summed E-state index contributed by atoms with van der Waals surface area (Å²) < 4.78 is 10.9. The molecule has 2 aromatic rings. The van der Waals surface area contributed by atoms with Crippen LogP contribution in [0.5, 0.6) is 11.5 Å². The van der Waals surface area contributed by atoms with E-state index in [1.807, 2.05) is 51.4 Å². The van der Waals surface area contributed by atoms with Gasteiger partial charge in [0, 0.05) is 6.54 Å². The van der Waals surface area contributed by atoms with Crippen LogP contribution in [0.4, 0.5) is 0 Å². The van der Waals surface area contributed by atoms with Gasteiger partial charge >= 0.3 is 0 Å². The molecule has 0 aliphatic carbocycles. The molecule has 5 nitrogen and oxygen atoms in total. The Hall–Kier alpha value is -2.53. The van der Waals surface area contributed by atoms with Crippen molar-refractivity contribution in [3.05, 3.63) is 60.2 Å². The highest BCUT2D eigenvalue weighted by atomic mass is 16.5. The molecule has 0 aliphatic rings. The minimum absolute atomic E-state index is 0.0110. The van der Waals surface area contributed by atoms with Crippen molar-refractivity contribution in [2.75, 3.05) is 33.9 Å². The van der Waals surface area contributed by atoms with Crippen molar-refractivity contribution in [1.82, 2.24) is 10.2 Å². The molecule has 0 bridgehead atoms. The second-order valence-electron chi connectivity index (χ2n) is 5.89. The van der Waals surface area contributed by atoms with Crippen molar-refractivity contribution in [3.63, 3.8) is 0 Å². The number of carbonyl (C=O) groups is 1. The van der Waals surface area contributed by atoms with E-state index in [1.165, 1.54) is 5.56 Å². The zero-order chi connectivity index (χ0) is 18.1. The minimum Gasteiger partial charge on any atom is -0.494 e. The summed E-state index contributed by atoms with van der Waals surface area (Å²) in [6, 6.07) is 17.5. The van der Waals surface area contributed by atoms with Gasteiger partial charge in [-0.05, 0) is 50.8 Å². The number of nitrogens with one attached hydrogen (secondary N) is 1. The van der Waals surface area contributed by atoms with E-state index in [0.717, 1.165) is 5.75 Å². The van der Waals surface area contributed by atoms with Crippen molar-refractivity contribution < 1.29 is 14.3 Å². The third kappa shape index (κ3) is 6.12. The Labute approximate surface area is 149 Å². The van der Waals surface area contributed by atoms with Gasteiger partial charge in [-0.3, -0.25) is 4.79 Å². The van der Waals surface area contributed by atoms with Crippen molar-refractivity contribution in [3.8, 4) is 11.5 Å². The molecule has 1 unspecified atom stereocenters. The molecule has 1 amide bonds. The second-order valence-corrected chi connectivity index (χ2v) is 5.89. The Morgan fingerprint density at radius 3 is 2.16 bits per heavy atom. The van der Waals surface area contributed by atoms with E-state index < -0.39 is 0 Å². The first-order valence-electron chi connectivity index (χ1n) is 8.44. The number of carbonyl (C=O) groups excluding carboxylic acids is 1. The summed E-state index contributed by atoms with van der Waals surface area (Å²) in [5.41, 5.74) is 1.17. The average molecular weight is 342 g/mol. The van der Waals surface area contributed by atoms with Gasteiger partial charge in [0.25, 0.3) is 5.91 Å². The number of hydrogen-bond acceptors (Lipinski definition) is 4. The molecule has 2 aromatic carbocycles. The number of rotatable bonds is 9. The summed E-state index contributed by atoms with van der Waals surface area (Å²) in [4.78, 5) is 14.2. The molecule has 0 aliphatic heterocycles. The first kappa shape index (κ1) is 18.8. The Kier molecular flexibility index (Phi) is 7.29. The van der Waals surface area contributed by atoms with E-state index >= 15 is 0 Å². The molecule has 25 heavy (non-hydrogen) atoms. The van der Waals surface area contributed by atoms with Crippen LogP contribution in [-0.4, -0.2) is 44.7 Å². The van der Waals surface area contributed by atoms with Crippen LogP contribution >= 0.6 is 0 Å². The highest BCUT2D eigenvalue weighted by Gasteiger charge is 2.15. The van der Waals surface area contributed by atoms with Crippen molar-refractivity contribution >= 4 is 5.91 Å². The molecule has 0 spiro atoms. The van der Waals surface area contributed by atoms with Crippen LogP contribution in [0.1, 0.15) is 18.5 Å². The van der Waals surface area contributed by atoms with Crippen molar-refractivity contribution in [2.24, 2.45) is 0 Å². The number of amides is 1. The van der Waals surface area contributed by atoms with Crippen molar-refractivity contribution in [1.29, 1.82) is 0 Å². The number of benzene rings is 2. The van der Waals surface area contributed by atoms with Gasteiger partial charge in [0.05, 0.1) is 12.6 Å². The summed E-state index contributed by atoms with van der Waals surface area (Å²) in [6.45, 7) is 3.08. The molecule has 0 heterocycles. The molecule has 0 aromatic heterocycles. The van der Waals surface area contributed by atoms with Gasteiger partial charge in [-0.15, -0.1) is 0 Å². The Morgan fingerprint density at radius 2 is 1.60 bits per heavy atom. The van der Waals surface area contributed by atoms with Gasteiger partial charge in [0.15, 0.2) is 6.61 Å². The fourth-order valence-electron chi connectivity index (χ4n) is 2.48. The van der Waals surface area contributed by atoms with E-state index in [-0.39, 0.29) is 18.6 Å². The minimum atomic E-state index is -0.142. The van der Waals surface area contributed by atoms with Crippen LogP contribution in [0.2, 0.25) is 0 Å². The average Bonchev–Trinajstić information content (AvgIpc) is 2.62. The lowest BCUT2D eigenvalue weighted by atomic mass is 10.1. The van der Waals surface area contributed by atoms with Crippen LogP contribution in [0.3, 0.4) is 0 Å². The number of likely N-dealkylation sites (N-methyl/N-ethyl adjacent to an activating group) is 1. The van der Waals surface area contributed by atoms with Crippen LogP contribution in [0.15, 0.2) is 54.6 Å². The van der Waals surface area contributed by atoms with Gasteiger partial charge in [-0.2, -0.15) is 0 Å². The lowest BCUT2D eigenvalue weighted by Crippen LogP contribution is -2.36. The quantitative estimate of drug-likeness (QED) is 0.761. The Morgan fingerprint density at radius 1 is 1.00 bits per heavy atom. The Balaban J connectivity index is 1.81. The molecule has 0 saturated heterocycles.